The van der Waals surface area contributed by atoms with Crippen LogP contribution in [0.3, 0.4) is 0 Å². The van der Waals surface area contributed by atoms with Crippen LogP contribution in [0, 0.1) is 5.41 Å². The zero-order valence-corrected chi connectivity index (χ0v) is 12.2. The van der Waals surface area contributed by atoms with E-state index in [4.69, 9.17) is 0 Å². The van der Waals surface area contributed by atoms with E-state index in [9.17, 15) is 4.79 Å². The monoisotopic (exact) mass is 249 g/mol. The van der Waals surface area contributed by atoms with Crippen molar-refractivity contribution in [1.29, 1.82) is 0 Å². The van der Waals surface area contributed by atoms with Crippen LogP contribution in [0.25, 0.3) is 0 Å². The molecule has 3 aliphatic rings. The molecule has 0 radical (unpaired) electrons. The standard InChI is InChI=1S/C14H21NO.C2H6/c1-15-8-6-14(7-9-15)10-13(16)11-4-2-3-5-12(11)14;1-2/h2-10H2,1H3;1-2H3. The van der Waals surface area contributed by atoms with Gasteiger partial charge in [-0.3, -0.25) is 4.79 Å². The van der Waals surface area contributed by atoms with Crippen LogP contribution in [0.2, 0.25) is 0 Å². The molecule has 18 heavy (non-hydrogen) atoms. The Morgan fingerprint density at radius 3 is 2.33 bits per heavy atom. The number of hydrogen-bond donors (Lipinski definition) is 0. The zero-order chi connectivity index (χ0) is 13.2. The molecule has 0 aromatic rings. The number of carbonyl (C=O) groups is 1. The summed E-state index contributed by atoms with van der Waals surface area (Å²) in [4.78, 5) is 14.5. The van der Waals surface area contributed by atoms with E-state index in [-0.39, 0.29) is 0 Å². The summed E-state index contributed by atoms with van der Waals surface area (Å²) >= 11 is 0. The maximum atomic E-state index is 12.1. The molecule has 1 saturated heterocycles. The average Bonchev–Trinajstić information content (AvgIpc) is 2.70. The lowest BCUT2D eigenvalue weighted by atomic mass is 9.70. The van der Waals surface area contributed by atoms with Crippen LogP contribution >= 0.6 is 0 Å². The van der Waals surface area contributed by atoms with Gasteiger partial charge in [0.2, 0.25) is 0 Å². The lowest BCUT2D eigenvalue weighted by molar-refractivity contribution is -0.116. The molecule has 0 aromatic carbocycles. The molecule has 0 saturated carbocycles. The molecule has 0 atom stereocenters. The summed E-state index contributed by atoms with van der Waals surface area (Å²) in [5, 5.41) is 0. The quantitative estimate of drug-likeness (QED) is 0.654. The highest BCUT2D eigenvalue weighted by molar-refractivity contribution is 6.00. The van der Waals surface area contributed by atoms with Crippen molar-refractivity contribution in [2.75, 3.05) is 20.1 Å². The molecule has 0 unspecified atom stereocenters. The second-order valence-corrected chi connectivity index (χ2v) is 5.85. The van der Waals surface area contributed by atoms with E-state index in [0.717, 1.165) is 12.8 Å². The molecule has 1 aliphatic heterocycles. The maximum absolute atomic E-state index is 12.1. The normalized spacial score (nSPS) is 26.9. The van der Waals surface area contributed by atoms with Gasteiger partial charge in [-0.25, -0.2) is 0 Å². The van der Waals surface area contributed by atoms with Crippen molar-refractivity contribution in [3.8, 4) is 0 Å². The van der Waals surface area contributed by atoms with Gasteiger partial charge in [-0.2, -0.15) is 0 Å². The van der Waals surface area contributed by atoms with Gasteiger partial charge in [-0.15, -0.1) is 0 Å². The largest absolute Gasteiger partial charge is 0.306 e. The van der Waals surface area contributed by atoms with E-state index < -0.39 is 0 Å². The van der Waals surface area contributed by atoms with E-state index in [1.165, 1.54) is 50.8 Å². The molecule has 1 heterocycles. The molecule has 1 spiro atoms. The summed E-state index contributed by atoms with van der Waals surface area (Å²) < 4.78 is 0. The fourth-order valence-electron chi connectivity index (χ4n) is 3.84. The summed E-state index contributed by atoms with van der Waals surface area (Å²) in [6, 6.07) is 0. The summed E-state index contributed by atoms with van der Waals surface area (Å²) in [7, 11) is 2.19. The molecule has 0 amide bonds. The Kier molecular flexibility index (Phi) is 4.26. The molecular weight excluding hydrogens is 222 g/mol. The van der Waals surface area contributed by atoms with Crippen molar-refractivity contribution in [1.82, 2.24) is 4.90 Å². The third-order valence-electron chi connectivity index (χ3n) is 4.89. The second kappa shape index (κ2) is 5.56. The lowest BCUT2D eigenvalue weighted by Crippen LogP contribution is -2.38. The van der Waals surface area contributed by atoms with E-state index in [1.807, 2.05) is 13.8 Å². The number of hydrogen-bond acceptors (Lipinski definition) is 2. The van der Waals surface area contributed by atoms with Crippen LogP contribution in [0.5, 0.6) is 0 Å². The Balaban J connectivity index is 0.000000574. The first-order valence-corrected chi connectivity index (χ1v) is 7.66. The van der Waals surface area contributed by atoms with Gasteiger partial charge >= 0.3 is 0 Å². The zero-order valence-electron chi connectivity index (χ0n) is 12.2. The molecule has 3 rings (SSSR count). The van der Waals surface area contributed by atoms with E-state index >= 15 is 0 Å². The number of carbonyl (C=O) groups excluding carboxylic acids is 1. The fourth-order valence-corrected chi connectivity index (χ4v) is 3.84. The Morgan fingerprint density at radius 2 is 1.67 bits per heavy atom. The predicted octanol–water partition coefficient (Wildman–Crippen LogP) is 3.57. The summed E-state index contributed by atoms with van der Waals surface area (Å²) in [5.41, 5.74) is 3.13. The van der Waals surface area contributed by atoms with Gasteiger partial charge in [0.05, 0.1) is 0 Å². The SMILES string of the molecule is CC.CN1CCC2(CC1)CC(=O)C1=C2CCCC1. The highest BCUT2D eigenvalue weighted by Crippen LogP contribution is 2.52. The summed E-state index contributed by atoms with van der Waals surface area (Å²) in [6.07, 6.45) is 8.11. The number of ketones is 1. The smallest absolute Gasteiger partial charge is 0.159 e. The van der Waals surface area contributed by atoms with Crippen molar-refractivity contribution < 1.29 is 4.79 Å². The maximum Gasteiger partial charge on any atom is 0.159 e. The van der Waals surface area contributed by atoms with Gasteiger partial charge in [0, 0.05) is 11.8 Å². The number of piperidine rings is 1. The van der Waals surface area contributed by atoms with Crippen molar-refractivity contribution in [2.24, 2.45) is 5.41 Å². The Bertz CT molecular complexity index is 348. The molecule has 1 fully saturated rings. The number of rotatable bonds is 0. The van der Waals surface area contributed by atoms with Crippen LogP contribution in [0.1, 0.15) is 58.8 Å². The Hall–Kier alpha value is -0.630. The van der Waals surface area contributed by atoms with Crippen molar-refractivity contribution in [2.45, 2.75) is 58.8 Å². The third-order valence-corrected chi connectivity index (χ3v) is 4.89. The number of nitrogens with zero attached hydrogens (tertiary/aromatic N) is 1. The molecule has 2 aliphatic carbocycles. The minimum Gasteiger partial charge on any atom is -0.306 e. The van der Waals surface area contributed by atoms with Gasteiger partial charge in [0.25, 0.3) is 0 Å². The van der Waals surface area contributed by atoms with Crippen LogP contribution in [-0.2, 0) is 4.79 Å². The number of fused-ring (bicyclic) bond motifs is 1. The van der Waals surface area contributed by atoms with E-state index in [2.05, 4.69) is 11.9 Å². The molecule has 0 bridgehead atoms. The Morgan fingerprint density at radius 1 is 1.06 bits per heavy atom. The first-order valence-electron chi connectivity index (χ1n) is 7.66. The third kappa shape index (κ3) is 2.27. The minimum atomic E-state index is 0.305. The number of Topliss-reactive ketones (excluding diaryl/α,β-unsaturated/α-hetero) is 1. The van der Waals surface area contributed by atoms with Gasteiger partial charge < -0.3 is 4.90 Å². The van der Waals surface area contributed by atoms with Crippen LogP contribution in [0.4, 0.5) is 0 Å². The first-order chi connectivity index (χ1) is 8.71. The molecule has 2 nitrogen and oxygen atoms in total. The van der Waals surface area contributed by atoms with Gasteiger partial charge in [0.1, 0.15) is 0 Å². The summed E-state index contributed by atoms with van der Waals surface area (Å²) in [6.45, 7) is 6.34. The van der Waals surface area contributed by atoms with Crippen LogP contribution < -0.4 is 0 Å². The van der Waals surface area contributed by atoms with Crippen molar-refractivity contribution >= 4 is 5.78 Å². The van der Waals surface area contributed by atoms with Crippen LogP contribution in [0.15, 0.2) is 11.1 Å². The topological polar surface area (TPSA) is 20.3 Å². The fraction of sp³-hybridized carbons (Fsp3) is 0.812. The first kappa shape index (κ1) is 13.8. The van der Waals surface area contributed by atoms with Gasteiger partial charge in [-0.05, 0) is 64.2 Å². The number of likely N-dealkylation sites (tertiary alicyclic amines) is 1. The Labute approximate surface area is 111 Å². The van der Waals surface area contributed by atoms with Crippen LogP contribution in [-0.4, -0.2) is 30.8 Å². The molecule has 0 N–H and O–H groups in total. The summed E-state index contributed by atoms with van der Waals surface area (Å²) in [5.74, 6) is 0.485. The van der Waals surface area contributed by atoms with Crippen molar-refractivity contribution in [3.05, 3.63) is 11.1 Å². The molecule has 102 valence electrons. The van der Waals surface area contributed by atoms with Gasteiger partial charge in [-0.1, -0.05) is 19.4 Å². The molecule has 2 heteroatoms. The minimum absolute atomic E-state index is 0.305. The van der Waals surface area contributed by atoms with E-state index in [1.54, 1.807) is 5.57 Å². The average molecular weight is 249 g/mol. The highest BCUT2D eigenvalue weighted by atomic mass is 16.1. The lowest BCUT2D eigenvalue weighted by Gasteiger charge is -2.40. The second-order valence-electron chi connectivity index (χ2n) is 5.85. The van der Waals surface area contributed by atoms with Gasteiger partial charge in [0.15, 0.2) is 5.78 Å². The molecule has 0 aromatic heterocycles. The molecular formula is C16H27NO. The van der Waals surface area contributed by atoms with Crippen molar-refractivity contribution in [3.63, 3.8) is 0 Å². The predicted molar refractivity (Wildman–Crippen MR) is 75.6 cm³/mol. The number of allylic oxidation sites excluding steroid dienone is 2. The highest BCUT2D eigenvalue weighted by Gasteiger charge is 2.46. The van der Waals surface area contributed by atoms with E-state index in [0.29, 0.717) is 11.2 Å².